The van der Waals surface area contributed by atoms with Crippen LogP contribution in [0.25, 0.3) is 6.08 Å². The topological polar surface area (TPSA) is 75.7 Å². The Morgan fingerprint density at radius 2 is 1.95 bits per heavy atom. The van der Waals surface area contributed by atoms with Gasteiger partial charge >= 0.3 is 0 Å². The van der Waals surface area contributed by atoms with Gasteiger partial charge in [0.05, 0.1) is 10.5 Å². The minimum Gasteiger partial charge on any atom is -0.505 e. The predicted octanol–water partition coefficient (Wildman–Crippen LogP) is 4.33. The second kappa shape index (κ2) is 6.67. The number of nitro benzene ring substituents is 1. The van der Waals surface area contributed by atoms with Crippen molar-refractivity contribution in [2.45, 2.75) is 13.8 Å². The molecule has 0 spiro atoms. The average Bonchev–Trinajstić information content (AvgIpc) is 2.48. The van der Waals surface area contributed by atoms with Crippen molar-refractivity contribution < 1.29 is 10.0 Å². The van der Waals surface area contributed by atoms with Crippen molar-refractivity contribution in [3.63, 3.8) is 0 Å². The largest absolute Gasteiger partial charge is 0.505 e. The second-order valence-electron chi connectivity index (χ2n) is 4.90. The Bertz CT molecular complexity index is 764. The molecule has 0 heterocycles. The number of hydrogen-bond acceptors (Lipinski definition) is 4. The number of phenols is 1. The van der Waals surface area contributed by atoms with Gasteiger partial charge in [-0.25, -0.2) is 0 Å². The number of aryl methyl sites for hydroxylation is 2. The molecule has 1 N–H and O–H groups in total. The maximum atomic E-state index is 10.9. The Morgan fingerprint density at radius 1 is 1.23 bits per heavy atom. The van der Waals surface area contributed by atoms with Gasteiger partial charge in [-0.15, -0.1) is 0 Å². The van der Waals surface area contributed by atoms with E-state index < -0.39 is 4.92 Å². The molecule has 0 bridgehead atoms. The Balaban J connectivity index is 2.22. The number of rotatable bonds is 4. The highest BCUT2D eigenvalue weighted by Gasteiger charge is 2.08. The lowest BCUT2D eigenvalue weighted by molar-refractivity contribution is -0.385. The third-order valence-electron chi connectivity index (χ3n) is 3.13. The molecule has 0 atom stereocenters. The summed E-state index contributed by atoms with van der Waals surface area (Å²) in [5, 5.41) is 20.8. The number of nitro groups is 1. The van der Waals surface area contributed by atoms with Gasteiger partial charge in [0.25, 0.3) is 5.69 Å². The van der Waals surface area contributed by atoms with Crippen LogP contribution in [0.2, 0.25) is 0 Å². The van der Waals surface area contributed by atoms with Crippen molar-refractivity contribution in [1.82, 2.24) is 0 Å². The zero-order chi connectivity index (χ0) is 16.1. The molecule has 0 aromatic heterocycles. The highest BCUT2D eigenvalue weighted by atomic mass is 16.6. The molecular formula is C17H16N2O3. The standard InChI is InChI=1S/C17H16N2O3/c1-12-10-13(2)17(20)15(11-12)18-9-5-7-14-6-3-4-8-16(14)19(21)22/h3-11,20H,1-2H3/b7-5+,18-9?. The van der Waals surface area contributed by atoms with Gasteiger partial charge < -0.3 is 5.11 Å². The van der Waals surface area contributed by atoms with Crippen molar-refractivity contribution in [2.24, 2.45) is 4.99 Å². The van der Waals surface area contributed by atoms with Crippen LogP contribution >= 0.6 is 0 Å². The van der Waals surface area contributed by atoms with E-state index in [1.807, 2.05) is 19.9 Å². The number of hydrogen-bond donors (Lipinski definition) is 1. The van der Waals surface area contributed by atoms with Gasteiger partial charge in [0.1, 0.15) is 11.4 Å². The summed E-state index contributed by atoms with van der Waals surface area (Å²) in [5.74, 6) is 0.140. The van der Waals surface area contributed by atoms with Crippen molar-refractivity contribution >= 4 is 23.7 Å². The molecule has 0 radical (unpaired) electrons. The lowest BCUT2D eigenvalue weighted by Gasteiger charge is -2.03. The normalized spacial score (nSPS) is 11.4. The summed E-state index contributed by atoms with van der Waals surface area (Å²) < 4.78 is 0. The second-order valence-corrected chi connectivity index (χ2v) is 4.90. The van der Waals surface area contributed by atoms with Gasteiger partial charge in [0, 0.05) is 12.3 Å². The SMILES string of the molecule is Cc1cc(C)c(O)c(N=C/C=C/c2ccccc2[N+](=O)[O-])c1. The van der Waals surface area contributed by atoms with Crippen molar-refractivity contribution in [1.29, 1.82) is 0 Å². The Hall–Kier alpha value is -2.95. The number of benzene rings is 2. The van der Waals surface area contributed by atoms with Crippen LogP contribution in [0.15, 0.2) is 47.5 Å². The lowest BCUT2D eigenvalue weighted by Crippen LogP contribution is -1.90. The van der Waals surface area contributed by atoms with Gasteiger partial charge in [-0.05, 0) is 49.3 Å². The number of para-hydroxylation sites is 1. The number of nitrogens with zero attached hydrogens (tertiary/aromatic N) is 2. The molecule has 0 amide bonds. The van der Waals surface area contributed by atoms with Crippen LogP contribution < -0.4 is 0 Å². The van der Waals surface area contributed by atoms with Gasteiger partial charge in [-0.3, -0.25) is 15.1 Å². The number of aromatic hydroxyl groups is 1. The summed E-state index contributed by atoms with van der Waals surface area (Å²) in [7, 11) is 0. The molecule has 0 aliphatic rings. The first-order valence-corrected chi connectivity index (χ1v) is 6.73. The van der Waals surface area contributed by atoms with E-state index in [0.29, 0.717) is 11.3 Å². The van der Waals surface area contributed by atoms with Gasteiger partial charge in [0.15, 0.2) is 0 Å². The van der Waals surface area contributed by atoms with Crippen molar-refractivity contribution in [2.75, 3.05) is 0 Å². The molecular weight excluding hydrogens is 280 g/mol. The smallest absolute Gasteiger partial charge is 0.276 e. The molecule has 0 aliphatic heterocycles. The van der Waals surface area contributed by atoms with Crippen molar-refractivity contribution in [3.05, 3.63) is 69.3 Å². The molecule has 0 saturated carbocycles. The van der Waals surface area contributed by atoms with E-state index in [0.717, 1.165) is 11.1 Å². The third-order valence-corrected chi connectivity index (χ3v) is 3.13. The highest BCUT2D eigenvalue weighted by Crippen LogP contribution is 2.30. The van der Waals surface area contributed by atoms with E-state index in [1.54, 1.807) is 36.4 Å². The van der Waals surface area contributed by atoms with Crippen LogP contribution in [-0.4, -0.2) is 16.2 Å². The van der Waals surface area contributed by atoms with Crippen LogP contribution in [0.4, 0.5) is 11.4 Å². The van der Waals surface area contributed by atoms with E-state index in [4.69, 9.17) is 0 Å². The predicted molar refractivity (Wildman–Crippen MR) is 87.9 cm³/mol. The van der Waals surface area contributed by atoms with Crippen LogP contribution in [0.5, 0.6) is 5.75 Å². The molecule has 0 unspecified atom stereocenters. The molecule has 5 heteroatoms. The molecule has 112 valence electrons. The maximum absolute atomic E-state index is 10.9. The number of allylic oxidation sites excluding steroid dienone is 1. The minimum absolute atomic E-state index is 0.0430. The minimum atomic E-state index is -0.424. The van der Waals surface area contributed by atoms with Crippen LogP contribution in [0.1, 0.15) is 16.7 Å². The fraction of sp³-hybridized carbons (Fsp3) is 0.118. The third kappa shape index (κ3) is 3.58. The van der Waals surface area contributed by atoms with E-state index in [9.17, 15) is 15.2 Å². The van der Waals surface area contributed by atoms with Crippen LogP contribution in [0, 0.1) is 24.0 Å². The first-order valence-electron chi connectivity index (χ1n) is 6.73. The summed E-state index contributed by atoms with van der Waals surface area (Å²) in [6.07, 6.45) is 4.73. The van der Waals surface area contributed by atoms with Gasteiger partial charge in [-0.2, -0.15) is 0 Å². The molecule has 2 aromatic carbocycles. The summed E-state index contributed by atoms with van der Waals surface area (Å²) in [5.41, 5.74) is 2.79. The molecule has 0 aliphatic carbocycles. The Kier molecular flexibility index (Phi) is 4.68. The summed E-state index contributed by atoms with van der Waals surface area (Å²) in [6, 6.07) is 10.1. The molecule has 2 aromatic rings. The quantitative estimate of drug-likeness (QED) is 0.518. The van der Waals surface area contributed by atoms with E-state index in [1.165, 1.54) is 12.3 Å². The summed E-state index contributed by atoms with van der Waals surface area (Å²) in [6.45, 7) is 3.74. The first kappa shape index (κ1) is 15.4. The average molecular weight is 296 g/mol. The molecule has 0 saturated heterocycles. The summed E-state index contributed by atoms with van der Waals surface area (Å²) in [4.78, 5) is 14.7. The van der Waals surface area contributed by atoms with Crippen molar-refractivity contribution in [3.8, 4) is 5.75 Å². The Morgan fingerprint density at radius 3 is 2.68 bits per heavy atom. The monoisotopic (exact) mass is 296 g/mol. The van der Waals surface area contributed by atoms with Crippen LogP contribution in [0.3, 0.4) is 0 Å². The molecule has 0 fully saturated rings. The fourth-order valence-corrected chi connectivity index (χ4v) is 2.10. The van der Waals surface area contributed by atoms with Gasteiger partial charge in [-0.1, -0.05) is 18.2 Å². The zero-order valence-electron chi connectivity index (χ0n) is 12.4. The maximum Gasteiger partial charge on any atom is 0.276 e. The first-order chi connectivity index (χ1) is 10.5. The van der Waals surface area contributed by atoms with Crippen LogP contribution in [-0.2, 0) is 0 Å². The van der Waals surface area contributed by atoms with E-state index >= 15 is 0 Å². The fourth-order valence-electron chi connectivity index (χ4n) is 2.10. The highest BCUT2D eigenvalue weighted by molar-refractivity contribution is 5.82. The molecule has 2 rings (SSSR count). The van der Waals surface area contributed by atoms with E-state index in [-0.39, 0.29) is 11.4 Å². The van der Waals surface area contributed by atoms with Gasteiger partial charge in [0.2, 0.25) is 0 Å². The van der Waals surface area contributed by atoms with E-state index in [2.05, 4.69) is 4.99 Å². The summed E-state index contributed by atoms with van der Waals surface area (Å²) >= 11 is 0. The lowest BCUT2D eigenvalue weighted by atomic mass is 10.1. The number of aliphatic imine (C=N–C) groups is 1. The number of phenolic OH excluding ortho intramolecular Hbond substituents is 1. The Labute approximate surface area is 128 Å². The molecule has 22 heavy (non-hydrogen) atoms. The molecule has 5 nitrogen and oxygen atoms in total. The zero-order valence-corrected chi connectivity index (χ0v) is 12.4.